The maximum atomic E-state index is 11.5. The second-order valence-corrected chi connectivity index (χ2v) is 13.1. The van der Waals surface area contributed by atoms with Crippen LogP contribution in [-0.2, 0) is 15.2 Å². The second kappa shape index (κ2) is 18.7. The van der Waals surface area contributed by atoms with E-state index in [2.05, 4.69) is 53.0 Å². The van der Waals surface area contributed by atoms with Crippen LogP contribution in [0.1, 0.15) is 95.7 Å². The highest BCUT2D eigenvalue weighted by atomic mass is 16.5. The number of ether oxygens (including phenoxy) is 4. The van der Waals surface area contributed by atoms with Crippen molar-refractivity contribution < 1.29 is 33.6 Å². The minimum absolute atomic E-state index is 0. The molecule has 4 rings (SSSR count). The van der Waals surface area contributed by atoms with Gasteiger partial charge in [-0.15, -0.1) is 0 Å². The number of rotatable bonds is 10. The molecule has 0 aromatic heterocycles. The second-order valence-electron chi connectivity index (χ2n) is 13.1. The number of hydrogen-bond acceptors (Lipinski definition) is 7. The average Bonchev–Trinajstić information content (AvgIpc) is 3.01. The van der Waals surface area contributed by atoms with Crippen LogP contribution in [0.4, 0.5) is 0 Å². The van der Waals surface area contributed by atoms with E-state index < -0.39 is 17.5 Å². The maximum absolute atomic E-state index is 11.5. The molecule has 7 nitrogen and oxygen atoms in total. The molecule has 0 bridgehead atoms. The number of aryl methyl sites for hydroxylation is 4. The van der Waals surface area contributed by atoms with Crippen LogP contribution in [0.15, 0.2) is 97.1 Å². The summed E-state index contributed by atoms with van der Waals surface area (Å²) in [6, 6.07) is 22.0. The summed E-state index contributed by atoms with van der Waals surface area (Å²) in [4.78, 5) is 23.0. The van der Waals surface area contributed by atoms with Gasteiger partial charge in [0.25, 0.3) is 0 Å². The molecule has 0 aliphatic heterocycles. The summed E-state index contributed by atoms with van der Waals surface area (Å²) in [6.45, 7) is 26.2. The summed E-state index contributed by atoms with van der Waals surface area (Å²) in [5.74, 6) is 3.46. The third-order valence-electron chi connectivity index (χ3n) is 7.52. The van der Waals surface area contributed by atoms with Crippen LogP contribution in [0.5, 0.6) is 34.5 Å². The Hall–Kier alpha value is -5.14. The Bertz CT molecular complexity index is 1780. The normalized spacial score (nSPS) is 10.4. The molecule has 0 radical (unpaired) electrons. The minimum atomic E-state index is -0.900. The summed E-state index contributed by atoms with van der Waals surface area (Å²) in [5, 5.41) is 10.2. The van der Waals surface area contributed by atoms with E-state index in [1.54, 1.807) is 76.2 Å². The fourth-order valence-corrected chi connectivity index (χ4v) is 4.72. The molecule has 0 fully saturated rings. The van der Waals surface area contributed by atoms with Crippen molar-refractivity contribution >= 4 is 11.9 Å². The lowest BCUT2D eigenvalue weighted by molar-refractivity contribution is -0.130. The zero-order valence-electron chi connectivity index (χ0n) is 30.3. The van der Waals surface area contributed by atoms with E-state index >= 15 is 0 Å². The Labute approximate surface area is 305 Å². The molecule has 0 saturated carbocycles. The van der Waals surface area contributed by atoms with E-state index in [1.807, 2.05) is 26.0 Å². The van der Waals surface area contributed by atoms with Crippen LogP contribution in [0.25, 0.3) is 0 Å². The molecule has 4 aromatic carbocycles. The van der Waals surface area contributed by atoms with Gasteiger partial charge >= 0.3 is 11.9 Å². The molecule has 0 atom stereocenters. The largest absolute Gasteiger partial charge is 0.457 e. The lowest BCUT2D eigenvalue weighted by atomic mass is 9.94. The predicted octanol–water partition coefficient (Wildman–Crippen LogP) is 11.8. The monoisotopic (exact) mass is 696 g/mol. The molecule has 4 aromatic rings. The van der Waals surface area contributed by atoms with E-state index in [0.29, 0.717) is 40.1 Å². The highest BCUT2D eigenvalue weighted by Crippen LogP contribution is 2.34. The molecule has 0 amide bonds. The van der Waals surface area contributed by atoms with Gasteiger partial charge in [-0.2, -0.15) is 0 Å². The van der Waals surface area contributed by atoms with E-state index in [4.69, 9.17) is 18.9 Å². The van der Waals surface area contributed by atoms with Gasteiger partial charge in [0.05, 0.1) is 5.60 Å². The van der Waals surface area contributed by atoms with Crippen LogP contribution < -0.4 is 18.9 Å². The van der Waals surface area contributed by atoms with Crippen molar-refractivity contribution in [2.75, 3.05) is 0 Å². The molecule has 0 saturated heterocycles. The smallest absolute Gasteiger partial charge is 0.338 e. The van der Waals surface area contributed by atoms with Crippen molar-refractivity contribution in [1.82, 2.24) is 0 Å². The quantitative estimate of drug-likeness (QED) is 0.100. The maximum Gasteiger partial charge on any atom is 0.338 e. The first kappa shape index (κ1) is 43.9. The number of carbonyl (C=O) groups excluding carboxylic acids is 2. The van der Waals surface area contributed by atoms with Crippen molar-refractivity contribution in [3.05, 3.63) is 130 Å². The topological polar surface area (TPSA) is 91.3 Å². The SMILES string of the molecule is C.C.C=C(C)C(=O)Oc1ccc(Oc2c(C)cc(C(C)(C)O)cc2C)cc1.C=C(C)C(=O)Oc1ccc(Oc2c(C)cc(C(C)C)cc2C)cc1. The van der Waals surface area contributed by atoms with E-state index in [9.17, 15) is 14.7 Å². The van der Waals surface area contributed by atoms with E-state index in [-0.39, 0.29) is 14.9 Å². The highest BCUT2D eigenvalue weighted by Gasteiger charge is 2.19. The lowest BCUT2D eigenvalue weighted by Gasteiger charge is -2.21. The van der Waals surface area contributed by atoms with Crippen LogP contribution in [0.3, 0.4) is 0 Å². The van der Waals surface area contributed by atoms with Crippen molar-refractivity contribution in [1.29, 1.82) is 0 Å². The molecular formula is C44H56O7. The molecule has 274 valence electrons. The van der Waals surface area contributed by atoms with Crippen LogP contribution >= 0.6 is 0 Å². The van der Waals surface area contributed by atoms with Gasteiger partial charge in [-0.25, -0.2) is 9.59 Å². The minimum Gasteiger partial charge on any atom is -0.457 e. The zero-order valence-corrected chi connectivity index (χ0v) is 30.3. The van der Waals surface area contributed by atoms with Crippen LogP contribution in [-0.4, -0.2) is 17.0 Å². The number of hydrogen-bond donors (Lipinski definition) is 1. The lowest BCUT2D eigenvalue weighted by Crippen LogP contribution is -2.16. The number of esters is 2. The number of carbonyl (C=O) groups is 2. The highest BCUT2D eigenvalue weighted by molar-refractivity contribution is 5.89. The third-order valence-corrected chi connectivity index (χ3v) is 7.52. The van der Waals surface area contributed by atoms with Gasteiger partial charge in [0.15, 0.2) is 0 Å². The van der Waals surface area contributed by atoms with E-state index in [1.165, 1.54) is 5.56 Å². The number of benzene rings is 4. The fourth-order valence-electron chi connectivity index (χ4n) is 4.72. The molecule has 51 heavy (non-hydrogen) atoms. The molecule has 0 aliphatic rings. The molecule has 0 heterocycles. The van der Waals surface area contributed by atoms with Crippen LogP contribution in [0.2, 0.25) is 0 Å². The Morgan fingerprint density at radius 3 is 1.18 bits per heavy atom. The summed E-state index contributed by atoms with van der Waals surface area (Å²) in [6.07, 6.45) is 0. The third kappa shape index (κ3) is 12.6. The summed E-state index contributed by atoms with van der Waals surface area (Å²) >= 11 is 0. The molecule has 1 N–H and O–H groups in total. The first-order valence-electron chi connectivity index (χ1n) is 16.1. The van der Waals surface area contributed by atoms with Gasteiger partial charge in [0.1, 0.15) is 34.5 Å². The summed E-state index contributed by atoms with van der Waals surface area (Å²) < 4.78 is 22.3. The van der Waals surface area contributed by atoms with Crippen molar-refractivity contribution in [2.24, 2.45) is 0 Å². The molecule has 0 aliphatic carbocycles. The molecule has 0 unspecified atom stereocenters. The van der Waals surface area contributed by atoms with Gasteiger partial charge in [0.2, 0.25) is 0 Å². The Morgan fingerprint density at radius 1 is 0.608 bits per heavy atom. The zero-order chi connectivity index (χ0) is 36.6. The van der Waals surface area contributed by atoms with Crippen molar-refractivity contribution in [2.45, 2.75) is 95.6 Å². The van der Waals surface area contributed by atoms with Gasteiger partial charge in [-0.3, -0.25) is 0 Å². The summed E-state index contributed by atoms with van der Waals surface area (Å²) in [7, 11) is 0. The first-order chi connectivity index (χ1) is 22.8. The van der Waals surface area contributed by atoms with Gasteiger partial charge in [-0.05, 0) is 155 Å². The van der Waals surface area contributed by atoms with E-state index in [0.717, 1.165) is 39.3 Å². The first-order valence-corrected chi connectivity index (χ1v) is 16.1. The van der Waals surface area contributed by atoms with Crippen molar-refractivity contribution in [3.8, 4) is 34.5 Å². The molecule has 0 spiro atoms. The van der Waals surface area contributed by atoms with Gasteiger partial charge < -0.3 is 24.1 Å². The summed E-state index contributed by atoms with van der Waals surface area (Å²) in [5.41, 5.74) is 6.06. The Kier molecular flexibility index (Phi) is 16.1. The Morgan fingerprint density at radius 2 is 0.902 bits per heavy atom. The van der Waals surface area contributed by atoms with Gasteiger partial charge in [-0.1, -0.05) is 54.0 Å². The van der Waals surface area contributed by atoms with Gasteiger partial charge in [0, 0.05) is 11.1 Å². The predicted molar refractivity (Wildman–Crippen MR) is 209 cm³/mol. The molecule has 7 heteroatoms. The van der Waals surface area contributed by atoms with Crippen molar-refractivity contribution in [3.63, 3.8) is 0 Å². The standard InChI is InChI=1S/C21H24O4.C21H24O3.2CH4/c1-13(2)20(22)25-18-9-7-17(8-10-18)24-19-14(3)11-16(12-15(19)4)21(5,6)23;1-13(2)17-11-15(5)20(16(6)12-17)23-18-7-9-19(10-8-18)24-21(22)14(3)4;;/h7-12,23H,1H2,2-6H3;7-13H,3H2,1-2,4-6H3;2*1H4. The van der Waals surface area contributed by atoms with Crippen LogP contribution in [0, 0.1) is 27.7 Å². The molecular weight excluding hydrogens is 640 g/mol. The average molecular weight is 697 g/mol. The number of aliphatic hydroxyl groups is 1. The Balaban J connectivity index is 0.000000491. The fraction of sp³-hybridized carbons (Fsp3) is 0.318.